The van der Waals surface area contributed by atoms with E-state index in [9.17, 15) is 0 Å². The SMILES string of the molecule is CCN1CCCC(N)C1c1ccc(OC)nc1. The zero-order valence-electron chi connectivity index (χ0n) is 10.6. The number of nitrogens with zero attached hydrogens (tertiary/aromatic N) is 2. The predicted molar refractivity (Wildman–Crippen MR) is 68.0 cm³/mol. The number of nitrogens with two attached hydrogens (primary N) is 1. The number of pyridine rings is 1. The zero-order chi connectivity index (χ0) is 12.3. The maximum atomic E-state index is 6.25. The Labute approximate surface area is 103 Å². The number of piperidine rings is 1. The summed E-state index contributed by atoms with van der Waals surface area (Å²) in [7, 11) is 1.63. The van der Waals surface area contributed by atoms with Crippen LogP contribution in [0.3, 0.4) is 0 Å². The Bertz CT molecular complexity index is 352. The van der Waals surface area contributed by atoms with Crippen LogP contribution in [0.25, 0.3) is 0 Å². The Hall–Kier alpha value is -1.13. The van der Waals surface area contributed by atoms with E-state index in [0.29, 0.717) is 11.9 Å². The van der Waals surface area contributed by atoms with Gasteiger partial charge in [-0.2, -0.15) is 0 Å². The topological polar surface area (TPSA) is 51.4 Å². The summed E-state index contributed by atoms with van der Waals surface area (Å²) in [6.07, 6.45) is 4.17. The Morgan fingerprint density at radius 3 is 2.94 bits per heavy atom. The predicted octanol–water partition coefficient (Wildman–Crippen LogP) is 1.57. The molecule has 4 nitrogen and oxygen atoms in total. The highest BCUT2D eigenvalue weighted by Gasteiger charge is 2.29. The van der Waals surface area contributed by atoms with E-state index >= 15 is 0 Å². The first-order valence-corrected chi connectivity index (χ1v) is 6.25. The summed E-state index contributed by atoms with van der Waals surface area (Å²) in [4.78, 5) is 6.70. The molecule has 94 valence electrons. The molecule has 2 unspecified atom stereocenters. The molecule has 17 heavy (non-hydrogen) atoms. The van der Waals surface area contributed by atoms with E-state index in [0.717, 1.165) is 19.5 Å². The fourth-order valence-electron chi connectivity index (χ4n) is 2.60. The van der Waals surface area contributed by atoms with Crippen LogP contribution in [0.4, 0.5) is 0 Å². The molecule has 0 amide bonds. The lowest BCUT2D eigenvalue weighted by atomic mass is 9.92. The van der Waals surface area contributed by atoms with Gasteiger partial charge in [-0.1, -0.05) is 13.0 Å². The van der Waals surface area contributed by atoms with Crippen molar-refractivity contribution in [1.29, 1.82) is 0 Å². The van der Waals surface area contributed by atoms with Crippen molar-refractivity contribution in [2.45, 2.75) is 31.8 Å². The molecule has 2 N–H and O–H groups in total. The third-order valence-electron chi connectivity index (χ3n) is 3.50. The molecule has 1 aliphatic rings. The highest BCUT2D eigenvalue weighted by molar-refractivity contribution is 5.22. The Balaban J connectivity index is 2.21. The van der Waals surface area contributed by atoms with Crippen molar-refractivity contribution in [1.82, 2.24) is 9.88 Å². The van der Waals surface area contributed by atoms with Gasteiger partial charge in [0.25, 0.3) is 0 Å². The Morgan fingerprint density at radius 1 is 1.53 bits per heavy atom. The van der Waals surface area contributed by atoms with Crippen LogP contribution in [0, 0.1) is 0 Å². The van der Waals surface area contributed by atoms with E-state index in [1.165, 1.54) is 12.0 Å². The summed E-state index contributed by atoms with van der Waals surface area (Å²) < 4.78 is 5.08. The molecule has 1 aromatic heterocycles. The molecule has 1 saturated heterocycles. The molecule has 0 spiro atoms. The van der Waals surface area contributed by atoms with Gasteiger partial charge in [0.15, 0.2) is 0 Å². The summed E-state index contributed by atoms with van der Waals surface area (Å²) >= 11 is 0. The zero-order valence-corrected chi connectivity index (χ0v) is 10.6. The molecule has 0 saturated carbocycles. The number of aromatic nitrogens is 1. The van der Waals surface area contributed by atoms with E-state index in [1.54, 1.807) is 7.11 Å². The van der Waals surface area contributed by atoms with E-state index in [-0.39, 0.29) is 6.04 Å². The first-order valence-electron chi connectivity index (χ1n) is 6.25. The van der Waals surface area contributed by atoms with Gasteiger partial charge in [0.05, 0.1) is 13.2 Å². The van der Waals surface area contributed by atoms with Crippen LogP contribution < -0.4 is 10.5 Å². The minimum atomic E-state index is 0.207. The molecular weight excluding hydrogens is 214 g/mol. The van der Waals surface area contributed by atoms with Crippen LogP contribution in [0.15, 0.2) is 18.3 Å². The molecule has 2 heterocycles. The third kappa shape index (κ3) is 2.58. The van der Waals surface area contributed by atoms with E-state index in [1.807, 2.05) is 12.3 Å². The molecule has 0 bridgehead atoms. The van der Waals surface area contributed by atoms with E-state index < -0.39 is 0 Å². The second-order valence-corrected chi connectivity index (χ2v) is 4.51. The van der Waals surface area contributed by atoms with Crippen LogP contribution >= 0.6 is 0 Å². The largest absolute Gasteiger partial charge is 0.481 e. The average Bonchev–Trinajstić information content (AvgIpc) is 2.38. The first kappa shape index (κ1) is 12.3. The number of likely N-dealkylation sites (tertiary alicyclic amines) is 1. The van der Waals surface area contributed by atoms with Crippen molar-refractivity contribution in [3.8, 4) is 5.88 Å². The van der Waals surface area contributed by atoms with Gasteiger partial charge in [-0.25, -0.2) is 4.98 Å². The molecule has 1 fully saturated rings. The lowest BCUT2D eigenvalue weighted by molar-refractivity contribution is 0.135. The quantitative estimate of drug-likeness (QED) is 0.864. The number of likely N-dealkylation sites (N-methyl/N-ethyl adjacent to an activating group) is 1. The minimum Gasteiger partial charge on any atom is -0.481 e. The van der Waals surface area contributed by atoms with Gasteiger partial charge in [0, 0.05) is 18.3 Å². The normalized spacial score (nSPS) is 25.8. The van der Waals surface area contributed by atoms with Crippen LogP contribution in [-0.2, 0) is 0 Å². The lowest BCUT2D eigenvalue weighted by Crippen LogP contribution is -2.45. The fraction of sp³-hybridized carbons (Fsp3) is 0.615. The molecule has 2 atom stereocenters. The van der Waals surface area contributed by atoms with Crippen molar-refractivity contribution in [3.05, 3.63) is 23.9 Å². The molecule has 0 aliphatic carbocycles. The molecule has 0 radical (unpaired) electrons. The Kier molecular flexibility index (Phi) is 3.97. The van der Waals surface area contributed by atoms with Crippen molar-refractivity contribution >= 4 is 0 Å². The highest BCUT2D eigenvalue weighted by Crippen LogP contribution is 2.29. The highest BCUT2D eigenvalue weighted by atomic mass is 16.5. The van der Waals surface area contributed by atoms with Gasteiger partial charge in [-0.05, 0) is 31.5 Å². The van der Waals surface area contributed by atoms with Crippen molar-refractivity contribution in [3.63, 3.8) is 0 Å². The summed E-state index contributed by atoms with van der Waals surface area (Å²) in [6.45, 7) is 4.34. The number of rotatable bonds is 3. The van der Waals surface area contributed by atoms with Crippen LogP contribution in [0.5, 0.6) is 5.88 Å². The molecule has 2 rings (SSSR count). The van der Waals surface area contributed by atoms with Crippen LogP contribution in [0.1, 0.15) is 31.4 Å². The monoisotopic (exact) mass is 235 g/mol. The van der Waals surface area contributed by atoms with Gasteiger partial charge >= 0.3 is 0 Å². The van der Waals surface area contributed by atoms with Gasteiger partial charge in [0.2, 0.25) is 5.88 Å². The fourth-order valence-corrected chi connectivity index (χ4v) is 2.60. The second-order valence-electron chi connectivity index (χ2n) is 4.51. The molecular formula is C13H21N3O. The van der Waals surface area contributed by atoms with Gasteiger partial charge in [-0.15, -0.1) is 0 Å². The number of hydrogen-bond donors (Lipinski definition) is 1. The summed E-state index contributed by atoms with van der Waals surface area (Å²) in [5, 5.41) is 0. The van der Waals surface area contributed by atoms with Gasteiger partial charge < -0.3 is 10.5 Å². The average molecular weight is 235 g/mol. The standard InChI is InChI=1S/C13H21N3O/c1-3-16-8-4-5-11(14)13(16)10-6-7-12(17-2)15-9-10/h6-7,9,11,13H,3-5,8,14H2,1-2H3. The number of ether oxygens (including phenoxy) is 1. The summed E-state index contributed by atoms with van der Waals surface area (Å²) in [5.74, 6) is 0.654. The van der Waals surface area contributed by atoms with E-state index in [2.05, 4.69) is 22.9 Å². The molecule has 4 heteroatoms. The van der Waals surface area contributed by atoms with Gasteiger partial charge in [-0.3, -0.25) is 4.90 Å². The minimum absolute atomic E-state index is 0.207. The van der Waals surface area contributed by atoms with Crippen LogP contribution in [0.2, 0.25) is 0 Å². The Morgan fingerprint density at radius 2 is 2.35 bits per heavy atom. The maximum Gasteiger partial charge on any atom is 0.212 e. The summed E-state index contributed by atoms with van der Waals surface area (Å²) in [5.41, 5.74) is 7.44. The van der Waals surface area contributed by atoms with E-state index in [4.69, 9.17) is 10.5 Å². The molecule has 1 aliphatic heterocycles. The van der Waals surface area contributed by atoms with Crippen LogP contribution in [-0.4, -0.2) is 36.1 Å². The third-order valence-corrected chi connectivity index (χ3v) is 3.50. The number of methoxy groups -OCH3 is 1. The molecule has 0 aromatic carbocycles. The molecule has 1 aromatic rings. The summed E-state index contributed by atoms with van der Waals surface area (Å²) in [6, 6.07) is 4.49. The number of hydrogen-bond acceptors (Lipinski definition) is 4. The lowest BCUT2D eigenvalue weighted by Gasteiger charge is -2.39. The maximum absolute atomic E-state index is 6.25. The second kappa shape index (κ2) is 5.47. The first-order chi connectivity index (χ1) is 8.26. The van der Waals surface area contributed by atoms with Crippen molar-refractivity contribution in [2.24, 2.45) is 5.73 Å². The van der Waals surface area contributed by atoms with Crippen molar-refractivity contribution < 1.29 is 4.74 Å². The van der Waals surface area contributed by atoms with Gasteiger partial charge in [0.1, 0.15) is 0 Å². The van der Waals surface area contributed by atoms with Crippen molar-refractivity contribution in [2.75, 3.05) is 20.2 Å². The smallest absolute Gasteiger partial charge is 0.212 e.